The third-order valence-corrected chi connectivity index (χ3v) is 5.25. The minimum Gasteiger partial charge on any atom is -0.467 e. The first-order valence-electron chi connectivity index (χ1n) is 9.90. The molecule has 0 spiro atoms. The molecule has 1 aromatic heterocycles. The van der Waals surface area contributed by atoms with Crippen molar-refractivity contribution in [2.45, 2.75) is 25.3 Å². The van der Waals surface area contributed by atoms with Gasteiger partial charge in [-0.1, -0.05) is 18.2 Å². The highest BCUT2D eigenvalue weighted by Gasteiger charge is 2.29. The number of aromatic amines is 1. The number of carbonyl (C=O) groups is 3. The Balaban J connectivity index is 1.45. The van der Waals surface area contributed by atoms with E-state index in [-0.39, 0.29) is 17.7 Å². The average Bonchev–Trinajstić information content (AvgIpc) is 3.55. The van der Waals surface area contributed by atoms with E-state index in [4.69, 9.17) is 4.74 Å². The summed E-state index contributed by atoms with van der Waals surface area (Å²) < 4.78 is 4.89. The minimum absolute atomic E-state index is 0.0108. The number of anilines is 1. The second kappa shape index (κ2) is 8.41. The third kappa shape index (κ3) is 4.35. The van der Waals surface area contributed by atoms with E-state index < -0.39 is 12.0 Å². The summed E-state index contributed by atoms with van der Waals surface area (Å²) >= 11 is 0. The number of H-pyrrole nitrogens is 1. The number of hydrogen-bond donors (Lipinski definition) is 3. The molecule has 0 bridgehead atoms. The van der Waals surface area contributed by atoms with Gasteiger partial charge in [-0.3, -0.25) is 9.59 Å². The zero-order chi connectivity index (χ0) is 21.1. The highest BCUT2D eigenvalue weighted by molar-refractivity contribution is 5.98. The lowest BCUT2D eigenvalue weighted by atomic mass is 10.0. The molecule has 1 saturated carbocycles. The molecule has 30 heavy (non-hydrogen) atoms. The van der Waals surface area contributed by atoms with Gasteiger partial charge in [-0.2, -0.15) is 0 Å². The second-order valence-corrected chi connectivity index (χ2v) is 7.45. The van der Waals surface area contributed by atoms with Gasteiger partial charge in [-0.25, -0.2) is 4.79 Å². The van der Waals surface area contributed by atoms with E-state index in [1.807, 2.05) is 30.5 Å². The van der Waals surface area contributed by atoms with Crippen LogP contribution in [0.1, 0.15) is 28.8 Å². The molecule has 2 aromatic carbocycles. The van der Waals surface area contributed by atoms with Gasteiger partial charge in [0.1, 0.15) is 6.04 Å². The van der Waals surface area contributed by atoms with Gasteiger partial charge >= 0.3 is 5.97 Å². The van der Waals surface area contributed by atoms with Crippen molar-refractivity contribution >= 4 is 34.4 Å². The number of carbonyl (C=O) groups excluding carboxylic acids is 3. The molecule has 1 aliphatic rings. The topological polar surface area (TPSA) is 100 Å². The van der Waals surface area contributed by atoms with E-state index in [2.05, 4.69) is 15.6 Å². The van der Waals surface area contributed by atoms with E-state index in [0.29, 0.717) is 17.7 Å². The Labute approximate surface area is 173 Å². The molecule has 1 atom stereocenters. The second-order valence-electron chi connectivity index (χ2n) is 7.45. The maximum atomic E-state index is 12.7. The first-order valence-corrected chi connectivity index (χ1v) is 9.90. The normalized spacial score (nSPS) is 14.2. The van der Waals surface area contributed by atoms with Gasteiger partial charge in [0.05, 0.1) is 7.11 Å². The number of hydrogen-bond acceptors (Lipinski definition) is 4. The molecule has 1 aliphatic carbocycles. The smallest absolute Gasteiger partial charge is 0.328 e. The average molecular weight is 405 g/mol. The van der Waals surface area contributed by atoms with Gasteiger partial charge < -0.3 is 20.4 Å². The molecule has 0 aliphatic heterocycles. The zero-order valence-corrected chi connectivity index (χ0v) is 16.6. The molecule has 0 unspecified atom stereocenters. The Morgan fingerprint density at radius 3 is 2.53 bits per heavy atom. The lowest BCUT2D eigenvalue weighted by Gasteiger charge is -2.16. The Kier molecular flexibility index (Phi) is 5.52. The quantitative estimate of drug-likeness (QED) is 0.526. The molecule has 0 saturated heterocycles. The maximum absolute atomic E-state index is 12.7. The summed E-state index contributed by atoms with van der Waals surface area (Å²) in [6, 6.07) is 13.6. The van der Waals surface area contributed by atoms with Gasteiger partial charge in [-0.05, 0) is 48.7 Å². The largest absolute Gasteiger partial charge is 0.467 e. The van der Waals surface area contributed by atoms with E-state index in [9.17, 15) is 14.4 Å². The lowest BCUT2D eigenvalue weighted by Crippen LogP contribution is -2.43. The molecule has 1 heterocycles. The van der Waals surface area contributed by atoms with Crippen LogP contribution < -0.4 is 10.6 Å². The molecule has 3 aromatic rings. The van der Waals surface area contributed by atoms with Gasteiger partial charge in [0, 0.05) is 40.7 Å². The fourth-order valence-electron chi connectivity index (χ4n) is 3.39. The summed E-state index contributed by atoms with van der Waals surface area (Å²) in [4.78, 5) is 40.0. The van der Waals surface area contributed by atoms with Crippen molar-refractivity contribution < 1.29 is 19.1 Å². The Morgan fingerprint density at radius 2 is 1.83 bits per heavy atom. The van der Waals surface area contributed by atoms with Crippen LogP contribution in [0.3, 0.4) is 0 Å². The number of methoxy groups -OCH3 is 1. The van der Waals surface area contributed by atoms with Gasteiger partial charge in [0.2, 0.25) is 5.91 Å². The monoisotopic (exact) mass is 405 g/mol. The summed E-state index contributed by atoms with van der Waals surface area (Å²) in [5.41, 5.74) is 2.92. The van der Waals surface area contributed by atoms with Gasteiger partial charge in [0.25, 0.3) is 5.91 Å². The summed E-state index contributed by atoms with van der Waals surface area (Å²) in [6.45, 7) is 0. The first kappa shape index (κ1) is 19.7. The Morgan fingerprint density at radius 1 is 1.10 bits per heavy atom. The number of esters is 1. The molecular formula is C23H23N3O4. The van der Waals surface area contributed by atoms with Crippen LogP contribution in [0, 0.1) is 5.92 Å². The van der Waals surface area contributed by atoms with E-state index >= 15 is 0 Å². The predicted molar refractivity (Wildman–Crippen MR) is 113 cm³/mol. The molecule has 7 nitrogen and oxygen atoms in total. The van der Waals surface area contributed by atoms with Crippen molar-refractivity contribution in [1.29, 1.82) is 0 Å². The number of aromatic nitrogens is 1. The number of fused-ring (bicyclic) bond motifs is 1. The number of para-hydroxylation sites is 1. The van der Waals surface area contributed by atoms with Crippen LogP contribution in [-0.2, 0) is 20.7 Å². The maximum Gasteiger partial charge on any atom is 0.328 e. The fourth-order valence-corrected chi connectivity index (χ4v) is 3.39. The van der Waals surface area contributed by atoms with Crippen LogP contribution in [0.2, 0.25) is 0 Å². The molecule has 1 fully saturated rings. The standard InChI is InChI=1S/C23H23N3O4/c1-30-23(29)20(12-16-13-24-19-5-3-2-4-18(16)19)26-22(28)15-8-10-17(11-9-15)25-21(27)14-6-7-14/h2-5,8-11,13-14,20,24H,6-7,12H2,1H3,(H,25,27)(H,26,28)/t20-/m1/s1. The van der Waals surface area contributed by atoms with Crippen molar-refractivity contribution in [2.75, 3.05) is 12.4 Å². The van der Waals surface area contributed by atoms with E-state index in [1.165, 1.54) is 7.11 Å². The Hall–Kier alpha value is -3.61. The van der Waals surface area contributed by atoms with Crippen LogP contribution in [0.25, 0.3) is 10.9 Å². The molecule has 7 heteroatoms. The number of amides is 2. The molecule has 4 rings (SSSR count). The number of rotatable bonds is 7. The molecule has 3 N–H and O–H groups in total. The van der Waals surface area contributed by atoms with Crippen LogP contribution >= 0.6 is 0 Å². The third-order valence-electron chi connectivity index (χ3n) is 5.25. The molecule has 0 radical (unpaired) electrons. The molecule has 154 valence electrons. The van der Waals surface area contributed by atoms with Gasteiger partial charge in [0.15, 0.2) is 0 Å². The number of ether oxygens (including phenoxy) is 1. The number of benzene rings is 2. The first-order chi connectivity index (χ1) is 14.5. The van der Waals surface area contributed by atoms with Crippen molar-refractivity contribution in [3.63, 3.8) is 0 Å². The van der Waals surface area contributed by atoms with Crippen LogP contribution in [0.4, 0.5) is 5.69 Å². The van der Waals surface area contributed by atoms with Crippen molar-refractivity contribution in [3.8, 4) is 0 Å². The summed E-state index contributed by atoms with van der Waals surface area (Å²) in [5, 5.41) is 6.59. The van der Waals surface area contributed by atoms with Crippen molar-refractivity contribution in [3.05, 3.63) is 65.9 Å². The molecule has 2 amide bonds. The summed E-state index contributed by atoms with van der Waals surface area (Å²) in [6.07, 6.45) is 4.00. The Bertz CT molecular complexity index is 1080. The van der Waals surface area contributed by atoms with Crippen LogP contribution in [0.15, 0.2) is 54.7 Å². The minimum atomic E-state index is -0.823. The van der Waals surface area contributed by atoms with Crippen molar-refractivity contribution in [2.24, 2.45) is 5.92 Å². The number of nitrogens with one attached hydrogen (secondary N) is 3. The highest BCUT2D eigenvalue weighted by atomic mass is 16.5. The van der Waals surface area contributed by atoms with Crippen molar-refractivity contribution in [1.82, 2.24) is 10.3 Å². The van der Waals surface area contributed by atoms with Gasteiger partial charge in [-0.15, -0.1) is 0 Å². The van der Waals surface area contributed by atoms with Crippen LogP contribution in [0.5, 0.6) is 0 Å². The van der Waals surface area contributed by atoms with E-state index in [0.717, 1.165) is 29.3 Å². The lowest BCUT2D eigenvalue weighted by molar-refractivity contribution is -0.142. The molecular weight excluding hydrogens is 382 g/mol. The SMILES string of the molecule is COC(=O)[C@@H](Cc1c[nH]c2ccccc12)NC(=O)c1ccc(NC(=O)C2CC2)cc1. The summed E-state index contributed by atoms with van der Waals surface area (Å²) in [5.74, 6) is -0.776. The predicted octanol–water partition coefficient (Wildman–Crippen LogP) is 3.03. The highest BCUT2D eigenvalue weighted by Crippen LogP contribution is 2.30. The fraction of sp³-hybridized carbons (Fsp3) is 0.261. The zero-order valence-electron chi connectivity index (χ0n) is 16.6. The summed E-state index contributed by atoms with van der Waals surface area (Å²) in [7, 11) is 1.30. The van der Waals surface area contributed by atoms with Crippen LogP contribution in [-0.4, -0.2) is 35.9 Å². The van der Waals surface area contributed by atoms with E-state index in [1.54, 1.807) is 24.3 Å².